The first-order valence-electron chi connectivity index (χ1n) is 10.0. The van der Waals surface area contributed by atoms with Crippen molar-refractivity contribution in [3.63, 3.8) is 0 Å². The van der Waals surface area contributed by atoms with Gasteiger partial charge in [0, 0.05) is 18.0 Å². The van der Waals surface area contributed by atoms with Crippen LogP contribution in [0.1, 0.15) is 0 Å². The maximum Gasteiger partial charge on any atom is 0.243 e. The van der Waals surface area contributed by atoms with Crippen molar-refractivity contribution in [1.29, 1.82) is 0 Å². The van der Waals surface area contributed by atoms with Crippen LogP contribution < -0.4 is 14.8 Å². The number of sulfonamides is 1. The number of nitrogens with zero attached hydrogens (tertiary/aromatic N) is 2. The van der Waals surface area contributed by atoms with Crippen LogP contribution in [0.5, 0.6) is 11.5 Å². The molecular formula is C23H19N3O5S2. The van der Waals surface area contributed by atoms with E-state index in [0.29, 0.717) is 22.3 Å². The zero-order chi connectivity index (χ0) is 23.0. The number of benzene rings is 3. The van der Waals surface area contributed by atoms with Crippen molar-refractivity contribution in [2.75, 3.05) is 25.7 Å². The molecule has 0 saturated carbocycles. The lowest BCUT2D eigenvalue weighted by molar-refractivity contribution is -0.116. The van der Waals surface area contributed by atoms with E-state index in [-0.39, 0.29) is 18.2 Å². The van der Waals surface area contributed by atoms with Gasteiger partial charge in [0.05, 0.1) is 17.1 Å². The normalized spacial score (nSPS) is 12.9. The molecule has 0 fully saturated rings. The highest BCUT2D eigenvalue weighted by molar-refractivity contribution is 7.89. The lowest BCUT2D eigenvalue weighted by Gasteiger charge is -2.16. The number of fused-ring (bicyclic) bond motifs is 2. The fourth-order valence-corrected chi connectivity index (χ4v) is 5.37. The zero-order valence-electron chi connectivity index (χ0n) is 17.5. The largest absolute Gasteiger partial charge is 0.454 e. The van der Waals surface area contributed by atoms with E-state index in [2.05, 4.69) is 10.3 Å². The van der Waals surface area contributed by atoms with E-state index in [9.17, 15) is 13.2 Å². The van der Waals surface area contributed by atoms with Gasteiger partial charge in [0.25, 0.3) is 0 Å². The van der Waals surface area contributed by atoms with Crippen LogP contribution in [0.4, 0.5) is 5.13 Å². The third-order valence-corrected chi connectivity index (χ3v) is 7.77. The lowest BCUT2D eigenvalue weighted by atomic mass is 10.1. The van der Waals surface area contributed by atoms with Gasteiger partial charge in [0.2, 0.25) is 22.7 Å². The first-order valence-corrected chi connectivity index (χ1v) is 12.3. The van der Waals surface area contributed by atoms with Crippen LogP contribution in [-0.4, -0.2) is 44.0 Å². The molecule has 0 unspecified atom stereocenters. The summed E-state index contributed by atoms with van der Waals surface area (Å²) in [4.78, 5) is 17.1. The molecule has 0 atom stereocenters. The Balaban J connectivity index is 1.27. The number of hydrogen-bond acceptors (Lipinski definition) is 7. The quantitative estimate of drug-likeness (QED) is 0.448. The van der Waals surface area contributed by atoms with E-state index in [1.54, 1.807) is 18.2 Å². The molecule has 5 rings (SSSR count). The Bertz CT molecular complexity index is 1470. The number of nitrogens with one attached hydrogen (secondary N) is 1. The van der Waals surface area contributed by atoms with Gasteiger partial charge in [0.1, 0.15) is 0 Å². The second-order valence-corrected chi connectivity index (χ2v) is 10.3. The van der Waals surface area contributed by atoms with Gasteiger partial charge in [0.15, 0.2) is 16.6 Å². The van der Waals surface area contributed by atoms with Crippen LogP contribution >= 0.6 is 11.3 Å². The Hall–Kier alpha value is -3.47. The van der Waals surface area contributed by atoms with Crippen LogP contribution in [0.15, 0.2) is 70.9 Å². The zero-order valence-corrected chi connectivity index (χ0v) is 19.2. The maximum atomic E-state index is 13.0. The maximum absolute atomic E-state index is 13.0. The van der Waals surface area contributed by atoms with E-state index in [1.165, 1.54) is 18.4 Å². The van der Waals surface area contributed by atoms with Crippen LogP contribution in [0.2, 0.25) is 0 Å². The molecule has 0 spiro atoms. The van der Waals surface area contributed by atoms with Crippen molar-refractivity contribution < 1.29 is 22.7 Å². The third kappa shape index (κ3) is 4.28. The summed E-state index contributed by atoms with van der Waals surface area (Å²) in [5, 5.41) is 6.62. The predicted octanol–water partition coefficient (Wildman–Crippen LogP) is 3.95. The second kappa shape index (κ2) is 8.47. The molecule has 1 aromatic heterocycles. The van der Waals surface area contributed by atoms with Crippen LogP contribution in [-0.2, 0) is 14.8 Å². The Labute approximate surface area is 194 Å². The number of carbonyl (C=O) groups is 1. The van der Waals surface area contributed by atoms with E-state index in [4.69, 9.17) is 9.47 Å². The van der Waals surface area contributed by atoms with Crippen molar-refractivity contribution in [2.24, 2.45) is 0 Å². The van der Waals surface area contributed by atoms with Gasteiger partial charge in [-0.15, -0.1) is 11.3 Å². The summed E-state index contributed by atoms with van der Waals surface area (Å²) in [5.74, 6) is 0.846. The molecule has 1 N–H and O–H groups in total. The van der Waals surface area contributed by atoms with Gasteiger partial charge in [-0.05, 0) is 41.1 Å². The van der Waals surface area contributed by atoms with Crippen molar-refractivity contribution >= 4 is 43.2 Å². The smallest absolute Gasteiger partial charge is 0.243 e. The van der Waals surface area contributed by atoms with Gasteiger partial charge < -0.3 is 14.8 Å². The first kappa shape index (κ1) is 21.4. The summed E-state index contributed by atoms with van der Waals surface area (Å²) < 4.78 is 37.6. The number of hydrogen-bond donors (Lipinski definition) is 1. The number of likely N-dealkylation sites (N-methyl/N-ethyl adjacent to an activating group) is 1. The summed E-state index contributed by atoms with van der Waals surface area (Å²) in [5.41, 5.74) is 1.50. The van der Waals surface area contributed by atoms with Crippen molar-refractivity contribution in [3.8, 4) is 22.8 Å². The number of anilines is 1. The Morgan fingerprint density at radius 3 is 2.70 bits per heavy atom. The fourth-order valence-electron chi connectivity index (χ4n) is 3.47. The van der Waals surface area contributed by atoms with Crippen LogP contribution in [0, 0.1) is 0 Å². The summed E-state index contributed by atoms with van der Waals surface area (Å²) in [7, 11) is -2.45. The van der Waals surface area contributed by atoms with E-state index in [0.717, 1.165) is 20.6 Å². The minimum atomic E-state index is -3.83. The average Bonchev–Trinajstić information content (AvgIpc) is 3.47. The molecular weight excluding hydrogens is 462 g/mol. The van der Waals surface area contributed by atoms with Crippen molar-refractivity contribution in [2.45, 2.75) is 4.90 Å². The Morgan fingerprint density at radius 1 is 1.06 bits per heavy atom. The molecule has 10 heteroatoms. The Kier molecular flexibility index (Phi) is 5.49. The van der Waals surface area contributed by atoms with Crippen molar-refractivity contribution in [3.05, 3.63) is 66.0 Å². The summed E-state index contributed by atoms with van der Waals surface area (Å²) in [6.45, 7) is -0.152. The number of rotatable bonds is 6. The lowest BCUT2D eigenvalue weighted by Crippen LogP contribution is -2.34. The van der Waals surface area contributed by atoms with E-state index in [1.807, 2.05) is 47.8 Å². The van der Waals surface area contributed by atoms with Crippen LogP contribution in [0.25, 0.3) is 22.0 Å². The molecule has 1 amide bonds. The van der Waals surface area contributed by atoms with Crippen LogP contribution in [0.3, 0.4) is 0 Å². The highest BCUT2D eigenvalue weighted by atomic mass is 32.2. The van der Waals surface area contributed by atoms with Gasteiger partial charge in [-0.2, -0.15) is 4.31 Å². The van der Waals surface area contributed by atoms with E-state index >= 15 is 0 Å². The molecule has 0 bridgehead atoms. The minimum Gasteiger partial charge on any atom is -0.454 e. The van der Waals surface area contributed by atoms with Gasteiger partial charge in [-0.3, -0.25) is 4.79 Å². The first-order chi connectivity index (χ1) is 15.9. The summed E-state index contributed by atoms with van der Waals surface area (Å²) in [6.07, 6.45) is 0. The summed E-state index contributed by atoms with van der Waals surface area (Å²) in [6, 6.07) is 17.9. The molecule has 1 aliphatic rings. The number of ether oxygens (including phenoxy) is 2. The molecule has 4 aromatic rings. The molecule has 3 aromatic carbocycles. The molecule has 168 valence electrons. The standard InChI is InChI=1S/C23H19N3O5S2/c1-26(33(28,29)18-8-6-15-4-2-3-5-16(15)10-18)12-22(27)25-23-24-19(13-32-23)17-7-9-20-21(11-17)31-14-30-20/h2-11,13H,12,14H2,1H3,(H,24,25,27). The predicted molar refractivity (Wildman–Crippen MR) is 126 cm³/mol. The number of aromatic nitrogens is 1. The highest BCUT2D eigenvalue weighted by Crippen LogP contribution is 2.36. The molecule has 0 radical (unpaired) electrons. The molecule has 2 heterocycles. The monoisotopic (exact) mass is 481 g/mol. The molecule has 33 heavy (non-hydrogen) atoms. The number of thiazole rings is 1. The number of carbonyl (C=O) groups excluding carboxylic acids is 1. The molecule has 1 aliphatic heterocycles. The molecule has 0 aliphatic carbocycles. The van der Waals surface area contributed by atoms with Crippen molar-refractivity contribution in [1.82, 2.24) is 9.29 Å². The second-order valence-electron chi connectivity index (χ2n) is 7.42. The van der Waals surface area contributed by atoms with Gasteiger partial charge in [-0.1, -0.05) is 30.3 Å². The third-order valence-electron chi connectivity index (χ3n) is 5.21. The van der Waals surface area contributed by atoms with E-state index < -0.39 is 15.9 Å². The fraction of sp³-hybridized carbons (Fsp3) is 0.130. The molecule has 0 saturated heterocycles. The SMILES string of the molecule is CN(CC(=O)Nc1nc(-c2ccc3c(c2)OCO3)cs1)S(=O)(=O)c1ccc2ccccc2c1. The highest BCUT2D eigenvalue weighted by Gasteiger charge is 2.24. The Morgan fingerprint density at radius 2 is 1.85 bits per heavy atom. The summed E-state index contributed by atoms with van der Waals surface area (Å²) >= 11 is 1.26. The topological polar surface area (TPSA) is 97.8 Å². The van der Waals surface area contributed by atoms with Gasteiger partial charge in [-0.25, -0.2) is 13.4 Å². The average molecular weight is 482 g/mol. The number of amides is 1. The molecule has 8 nitrogen and oxygen atoms in total. The minimum absolute atomic E-state index is 0.135. The van der Waals surface area contributed by atoms with Gasteiger partial charge >= 0.3 is 0 Å².